The number of nitrogens with one attached hydrogen (secondary N) is 1. The fourth-order valence-electron chi connectivity index (χ4n) is 3.19. The summed E-state index contributed by atoms with van der Waals surface area (Å²) in [5, 5.41) is 12.3. The highest BCUT2D eigenvalue weighted by Crippen LogP contribution is 2.24. The van der Waals surface area contributed by atoms with Crippen molar-refractivity contribution in [3.8, 4) is 11.3 Å². The molecule has 1 saturated heterocycles. The molecule has 0 saturated carbocycles. The number of furan rings is 1. The van der Waals surface area contributed by atoms with Crippen LogP contribution in [-0.2, 0) is 0 Å². The molecule has 0 aliphatic carbocycles. The Bertz CT molecular complexity index is 840. The molecular weight excluding hydrogens is 326 g/mol. The van der Waals surface area contributed by atoms with Crippen molar-refractivity contribution in [2.75, 3.05) is 24.5 Å². The van der Waals surface area contributed by atoms with Crippen molar-refractivity contribution in [3.63, 3.8) is 0 Å². The van der Waals surface area contributed by atoms with Gasteiger partial charge in [-0.1, -0.05) is 0 Å². The molecule has 1 atom stereocenters. The van der Waals surface area contributed by atoms with Gasteiger partial charge in [-0.2, -0.15) is 0 Å². The Morgan fingerprint density at radius 3 is 2.58 bits per heavy atom. The summed E-state index contributed by atoms with van der Waals surface area (Å²) in [4.78, 5) is 6.29. The van der Waals surface area contributed by atoms with Gasteiger partial charge in [-0.15, -0.1) is 10.2 Å². The quantitative estimate of drug-likeness (QED) is 0.737. The number of aryl methyl sites for hydroxylation is 1. The van der Waals surface area contributed by atoms with Crippen LogP contribution in [0.1, 0.15) is 24.5 Å². The van der Waals surface area contributed by atoms with E-state index in [1.807, 2.05) is 43.3 Å². The fourth-order valence-corrected chi connectivity index (χ4v) is 3.19. The standard InChI is InChI=1S/C20H23N5O/c1-14-3-5-19(26-14)15(2)22-11-16-12-25(13-16)20-6-4-18(23-24-20)17-7-9-21-10-8-17/h3-10,15-16,22H,11-13H2,1-2H3. The molecule has 6 nitrogen and oxygen atoms in total. The molecule has 134 valence electrons. The Kier molecular flexibility index (Phi) is 4.67. The highest BCUT2D eigenvalue weighted by atomic mass is 16.3. The molecule has 26 heavy (non-hydrogen) atoms. The van der Waals surface area contributed by atoms with Crippen molar-refractivity contribution < 1.29 is 4.42 Å². The van der Waals surface area contributed by atoms with Gasteiger partial charge in [0.2, 0.25) is 0 Å². The third-order valence-corrected chi connectivity index (χ3v) is 4.81. The van der Waals surface area contributed by atoms with Crippen molar-refractivity contribution in [1.82, 2.24) is 20.5 Å². The lowest BCUT2D eigenvalue weighted by Gasteiger charge is -2.40. The monoisotopic (exact) mass is 349 g/mol. The van der Waals surface area contributed by atoms with E-state index in [4.69, 9.17) is 4.42 Å². The zero-order valence-corrected chi connectivity index (χ0v) is 15.1. The summed E-state index contributed by atoms with van der Waals surface area (Å²) in [6, 6.07) is 12.2. The zero-order chi connectivity index (χ0) is 17.9. The van der Waals surface area contributed by atoms with Crippen LogP contribution in [-0.4, -0.2) is 34.8 Å². The summed E-state index contributed by atoms with van der Waals surface area (Å²) >= 11 is 0. The van der Waals surface area contributed by atoms with Crippen LogP contribution in [0.5, 0.6) is 0 Å². The minimum absolute atomic E-state index is 0.234. The van der Waals surface area contributed by atoms with Crippen LogP contribution < -0.4 is 10.2 Å². The summed E-state index contributed by atoms with van der Waals surface area (Å²) in [5.74, 6) is 3.51. The maximum absolute atomic E-state index is 5.67. The first kappa shape index (κ1) is 16.7. The van der Waals surface area contributed by atoms with Gasteiger partial charge in [0.1, 0.15) is 11.5 Å². The van der Waals surface area contributed by atoms with Gasteiger partial charge in [-0.3, -0.25) is 4.98 Å². The third-order valence-electron chi connectivity index (χ3n) is 4.81. The van der Waals surface area contributed by atoms with E-state index in [1.165, 1.54) is 0 Å². The summed E-state index contributed by atoms with van der Waals surface area (Å²) in [6.45, 7) is 7.08. The molecule has 6 heteroatoms. The molecule has 3 aromatic heterocycles. The van der Waals surface area contributed by atoms with E-state index in [0.717, 1.165) is 48.2 Å². The molecule has 0 bridgehead atoms. The predicted molar refractivity (Wildman–Crippen MR) is 101 cm³/mol. The van der Waals surface area contributed by atoms with Crippen LogP contribution in [0.2, 0.25) is 0 Å². The number of hydrogen-bond acceptors (Lipinski definition) is 6. The molecule has 0 aromatic carbocycles. The fraction of sp³-hybridized carbons (Fsp3) is 0.350. The van der Waals surface area contributed by atoms with Crippen molar-refractivity contribution >= 4 is 5.82 Å². The Labute approximate surface area is 153 Å². The number of nitrogens with zero attached hydrogens (tertiary/aromatic N) is 4. The maximum Gasteiger partial charge on any atom is 0.151 e. The van der Waals surface area contributed by atoms with Crippen LogP contribution in [0.4, 0.5) is 5.82 Å². The highest BCUT2D eigenvalue weighted by molar-refractivity contribution is 5.59. The van der Waals surface area contributed by atoms with E-state index < -0.39 is 0 Å². The van der Waals surface area contributed by atoms with Crippen molar-refractivity contribution in [1.29, 1.82) is 0 Å². The molecule has 4 rings (SSSR count). The van der Waals surface area contributed by atoms with Gasteiger partial charge in [0.15, 0.2) is 5.82 Å². The largest absolute Gasteiger partial charge is 0.465 e. The SMILES string of the molecule is Cc1ccc(C(C)NCC2CN(c3ccc(-c4ccncc4)nn3)C2)o1. The van der Waals surface area contributed by atoms with E-state index in [1.54, 1.807) is 12.4 Å². The Balaban J connectivity index is 1.27. The van der Waals surface area contributed by atoms with Gasteiger partial charge in [-0.05, 0) is 50.2 Å². The zero-order valence-electron chi connectivity index (χ0n) is 15.1. The topological polar surface area (TPSA) is 67.1 Å². The minimum atomic E-state index is 0.234. The molecule has 1 unspecified atom stereocenters. The van der Waals surface area contributed by atoms with Gasteiger partial charge in [0, 0.05) is 43.5 Å². The summed E-state index contributed by atoms with van der Waals surface area (Å²) in [5.41, 5.74) is 1.91. The van der Waals surface area contributed by atoms with Crippen LogP contribution >= 0.6 is 0 Å². The molecule has 1 N–H and O–H groups in total. The van der Waals surface area contributed by atoms with Crippen molar-refractivity contribution in [2.45, 2.75) is 19.9 Å². The summed E-state index contributed by atoms with van der Waals surface area (Å²) in [6.07, 6.45) is 3.53. The van der Waals surface area contributed by atoms with Gasteiger partial charge in [-0.25, -0.2) is 0 Å². The second-order valence-electron chi connectivity index (χ2n) is 6.86. The predicted octanol–water partition coefficient (Wildman–Crippen LogP) is 3.23. The van der Waals surface area contributed by atoms with E-state index >= 15 is 0 Å². The maximum atomic E-state index is 5.67. The Hall–Kier alpha value is -2.73. The molecular formula is C20H23N5O. The minimum Gasteiger partial charge on any atom is -0.465 e. The lowest BCUT2D eigenvalue weighted by atomic mass is 9.99. The molecule has 3 aromatic rings. The second-order valence-corrected chi connectivity index (χ2v) is 6.86. The number of anilines is 1. The van der Waals surface area contributed by atoms with E-state index in [-0.39, 0.29) is 6.04 Å². The van der Waals surface area contributed by atoms with Crippen LogP contribution in [0.15, 0.2) is 53.2 Å². The number of rotatable bonds is 6. The molecule has 4 heterocycles. The van der Waals surface area contributed by atoms with E-state index in [9.17, 15) is 0 Å². The first-order valence-electron chi connectivity index (χ1n) is 8.98. The normalized spacial score (nSPS) is 15.7. The molecule has 0 amide bonds. The van der Waals surface area contributed by atoms with Gasteiger partial charge >= 0.3 is 0 Å². The summed E-state index contributed by atoms with van der Waals surface area (Å²) in [7, 11) is 0. The van der Waals surface area contributed by atoms with Gasteiger partial charge in [0.25, 0.3) is 0 Å². The highest BCUT2D eigenvalue weighted by Gasteiger charge is 2.28. The van der Waals surface area contributed by atoms with E-state index in [2.05, 4.69) is 32.3 Å². The molecule has 0 radical (unpaired) electrons. The number of aromatic nitrogens is 3. The van der Waals surface area contributed by atoms with Crippen LogP contribution in [0, 0.1) is 12.8 Å². The lowest BCUT2D eigenvalue weighted by Crippen LogP contribution is -2.51. The Morgan fingerprint density at radius 1 is 1.12 bits per heavy atom. The lowest BCUT2D eigenvalue weighted by molar-refractivity contribution is 0.344. The molecule has 1 aliphatic heterocycles. The van der Waals surface area contributed by atoms with Crippen molar-refractivity contribution in [3.05, 3.63) is 60.3 Å². The first-order valence-corrected chi connectivity index (χ1v) is 8.98. The third kappa shape index (κ3) is 3.60. The average Bonchev–Trinajstić information content (AvgIpc) is 3.08. The van der Waals surface area contributed by atoms with Crippen LogP contribution in [0.25, 0.3) is 11.3 Å². The Morgan fingerprint density at radius 2 is 1.92 bits per heavy atom. The summed E-state index contributed by atoms with van der Waals surface area (Å²) < 4.78 is 5.67. The van der Waals surface area contributed by atoms with E-state index in [0.29, 0.717) is 5.92 Å². The number of pyridine rings is 1. The van der Waals surface area contributed by atoms with Crippen molar-refractivity contribution in [2.24, 2.45) is 5.92 Å². The number of hydrogen-bond donors (Lipinski definition) is 1. The van der Waals surface area contributed by atoms with Gasteiger partial charge < -0.3 is 14.6 Å². The average molecular weight is 349 g/mol. The molecule has 1 aliphatic rings. The van der Waals surface area contributed by atoms with Crippen LogP contribution in [0.3, 0.4) is 0 Å². The second kappa shape index (κ2) is 7.25. The smallest absolute Gasteiger partial charge is 0.151 e. The molecule has 1 fully saturated rings. The first-order chi connectivity index (χ1) is 12.7. The van der Waals surface area contributed by atoms with Gasteiger partial charge in [0.05, 0.1) is 11.7 Å². The molecule has 0 spiro atoms.